The van der Waals surface area contributed by atoms with Gasteiger partial charge in [0.05, 0.1) is 0 Å². The van der Waals surface area contributed by atoms with Crippen molar-refractivity contribution in [3.63, 3.8) is 0 Å². The molecule has 3 aliphatic rings. The van der Waals surface area contributed by atoms with E-state index >= 15 is 0 Å². The highest BCUT2D eigenvalue weighted by atomic mass is 16.5. The Morgan fingerprint density at radius 3 is 2.63 bits per heavy atom. The molecule has 1 amide bonds. The van der Waals surface area contributed by atoms with Crippen molar-refractivity contribution >= 4 is 5.91 Å². The highest BCUT2D eigenvalue weighted by Crippen LogP contribution is 2.46. The minimum absolute atomic E-state index is 0.143. The van der Waals surface area contributed by atoms with Gasteiger partial charge in [-0.15, -0.1) is 0 Å². The van der Waals surface area contributed by atoms with Gasteiger partial charge in [0.25, 0.3) is 0 Å². The Morgan fingerprint density at radius 2 is 1.87 bits per heavy atom. The van der Waals surface area contributed by atoms with Gasteiger partial charge in [-0.1, -0.05) is 24.3 Å². The van der Waals surface area contributed by atoms with E-state index < -0.39 is 0 Å². The van der Waals surface area contributed by atoms with Gasteiger partial charge in [-0.2, -0.15) is 0 Å². The van der Waals surface area contributed by atoms with E-state index in [1.165, 1.54) is 11.1 Å². The molecule has 1 atom stereocenters. The third-order valence-electron chi connectivity index (χ3n) is 7.08. The molecule has 0 unspecified atom stereocenters. The summed E-state index contributed by atoms with van der Waals surface area (Å²) in [6.45, 7) is 4.83. The number of hydrogen-bond acceptors (Lipinski definition) is 4. The van der Waals surface area contributed by atoms with Gasteiger partial charge in [0.1, 0.15) is 11.4 Å². The molecule has 4 heterocycles. The van der Waals surface area contributed by atoms with Crippen LogP contribution < -0.4 is 4.74 Å². The zero-order valence-electron chi connectivity index (χ0n) is 17.6. The Hall–Kier alpha value is -2.40. The minimum atomic E-state index is -0.143. The summed E-state index contributed by atoms with van der Waals surface area (Å²) in [7, 11) is 0. The number of likely N-dealkylation sites (tertiary alicyclic amines) is 2. The topological polar surface area (TPSA) is 45.7 Å². The number of para-hydroxylation sites is 1. The SMILES string of the molecule is O=C(C[C@H]1CC2(CCN(Cc3cccnc3)CC2)Oc2ccccc21)N1CCCC1. The van der Waals surface area contributed by atoms with E-state index in [1.54, 1.807) is 0 Å². The van der Waals surface area contributed by atoms with Crippen LogP contribution in [0.15, 0.2) is 48.8 Å². The van der Waals surface area contributed by atoms with E-state index in [2.05, 4.69) is 45.1 Å². The molecule has 0 saturated carbocycles. The molecular weight excluding hydrogens is 374 g/mol. The molecule has 0 bridgehead atoms. The lowest BCUT2D eigenvalue weighted by atomic mass is 9.76. The molecule has 30 heavy (non-hydrogen) atoms. The maximum Gasteiger partial charge on any atom is 0.223 e. The van der Waals surface area contributed by atoms with Crippen molar-refractivity contribution in [2.75, 3.05) is 26.2 Å². The summed E-state index contributed by atoms with van der Waals surface area (Å²) in [6, 6.07) is 12.5. The van der Waals surface area contributed by atoms with Crippen LogP contribution in [0.4, 0.5) is 0 Å². The van der Waals surface area contributed by atoms with Gasteiger partial charge in [0.2, 0.25) is 5.91 Å². The standard InChI is InChI=1S/C25H31N3O2/c29-24(28-12-3-4-13-28)16-21-17-25(30-23-8-2-1-7-22(21)23)9-14-27(15-10-25)19-20-6-5-11-26-18-20/h1-2,5-8,11,18,21H,3-4,9-10,12-17,19H2/t21-/m0/s1. The van der Waals surface area contributed by atoms with Crippen LogP contribution in [-0.4, -0.2) is 52.5 Å². The van der Waals surface area contributed by atoms with Gasteiger partial charge >= 0.3 is 0 Å². The van der Waals surface area contributed by atoms with Crippen molar-refractivity contribution < 1.29 is 9.53 Å². The zero-order chi connectivity index (χ0) is 20.4. The lowest BCUT2D eigenvalue weighted by molar-refractivity contribution is -0.131. The van der Waals surface area contributed by atoms with Gasteiger partial charge in [-0.3, -0.25) is 14.7 Å². The first-order valence-corrected chi connectivity index (χ1v) is 11.4. The van der Waals surface area contributed by atoms with Crippen molar-refractivity contribution in [2.24, 2.45) is 0 Å². The number of hydrogen-bond donors (Lipinski definition) is 0. The number of nitrogens with zero attached hydrogens (tertiary/aromatic N) is 3. The summed E-state index contributed by atoms with van der Waals surface area (Å²) in [4.78, 5) is 21.7. The summed E-state index contributed by atoms with van der Waals surface area (Å²) in [5.41, 5.74) is 2.33. The Bertz CT molecular complexity index is 871. The molecule has 1 spiro atoms. The molecule has 0 N–H and O–H groups in total. The Morgan fingerprint density at radius 1 is 1.07 bits per heavy atom. The molecule has 5 nitrogen and oxygen atoms in total. The summed E-state index contributed by atoms with van der Waals surface area (Å²) in [6.07, 6.45) is 9.65. The number of carbonyl (C=O) groups excluding carboxylic acids is 1. The lowest BCUT2D eigenvalue weighted by Crippen LogP contribution is -2.50. The van der Waals surface area contributed by atoms with Crippen LogP contribution in [0.25, 0.3) is 0 Å². The second kappa shape index (κ2) is 8.38. The summed E-state index contributed by atoms with van der Waals surface area (Å²) >= 11 is 0. The molecule has 0 aliphatic carbocycles. The fraction of sp³-hybridized carbons (Fsp3) is 0.520. The summed E-state index contributed by atoms with van der Waals surface area (Å²) in [5.74, 6) is 1.56. The molecule has 0 radical (unpaired) electrons. The lowest BCUT2D eigenvalue weighted by Gasteiger charge is -2.47. The number of carbonyl (C=O) groups is 1. The van der Waals surface area contributed by atoms with E-state index in [1.807, 2.05) is 18.5 Å². The normalized spacial score (nSPS) is 23.2. The highest BCUT2D eigenvalue weighted by molar-refractivity contribution is 5.77. The number of amides is 1. The molecule has 158 valence electrons. The van der Waals surface area contributed by atoms with Crippen LogP contribution in [0.1, 0.15) is 55.6 Å². The van der Waals surface area contributed by atoms with Gasteiger partial charge in [-0.25, -0.2) is 0 Å². The van der Waals surface area contributed by atoms with Gasteiger partial charge < -0.3 is 9.64 Å². The van der Waals surface area contributed by atoms with Gasteiger partial charge in [0, 0.05) is 57.5 Å². The van der Waals surface area contributed by atoms with Crippen molar-refractivity contribution in [1.29, 1.82) is 0 Å². The maximum absolute atomic E-state index is 12.9. The second-order valence-electron chi connectivity index (χ2n) is 9.15. The molecule has 2 saturated heterocycles. The molecule has 3 aliphatic heterocycles. The largest absolute Gasteiger partial charge is 0.487 e. The third kappa shape index (κ3) is 4.08. The number of aromatic nitrogens is 1. The van der Waals surface area contributed by atoms with E-state index in [4.69, 9.17) is 4.74 Å². The first-order valence-electron chi connectivity index (χ1n) is 11.4. The minimum Gasteiger partial charge on any atom is -0.487 e. The summed E-state index contributed by atoms with van der Waals surface area (Å²) < 4.78 is 6.63. The van der Waals surface area contributed by atoms with Crippen molar-refractivity contribution in [3.8, 4) is 5.75 Å². The Kier molecular flexibility index (Phi) is 5.47. The molecular formula is C25H31N3O2. The molecule has 1 aromatic carbocycles. The summed E-state index contributed by atoms with van der Waals surface area (Å²) in [5, 5.41) is 0. The number of piperidine rings is 1. The third-order valence-corrected chi connectivity index (χ3v) is 7.08. The molecule has 5 rings (SSSR count). The van der Waals surface area contributed by atoms with Crippen LogP contribution in [0, 0.1) is 0 Å². The van der Waals surface area contributed by atoms with Crippen LogP contribution in [0.2, 0.25) is 0 Å². The molecule has 2 aromatic rings. The van der Waals surface area contributed by atoms with Gasteiger partial charge in [0.15, 0.2) is 0 Å². The Balaban J connectivity index is 1.29. The molecule has 1 aromatic heterocycles. The monoisotopic (exact) mass is 405 g/mol. The average Bonchev–Trinajstić information content (AvgIpc) is 3.32. The smallest absolute Gasteiger partial charge is 0.223 e. The van der Waals surface area contributed by atoms with E-state index in [0.717, 1.165) is 70.6 Å². The molecule has 5 heteroatoms. The number of rotatable bonds is 4. The zero-order valence-corrected chi connectivity index (χ0v) is 17.6. The first kappa shape index (κ1) is 19.6. The van der Waals surface area contributed by atoms with E-state index in [0.29, 0.717) is 12.3 Å². The predicted molar refractivity (Wildman–Crippen MR) is 116 cm³/mol. The fourth-order valence-electron chi connectivity index (χ4n) is 5.41. The quantitative estimate of drug-likeness (QED) is 0.771. The fourth-order valence-corrected chi connectivity index (χ4v) is 5.41. The van der Waals surface area contributed by atoms with Crippen molar-refractivity contribution in [2.45, 2.75) is 56.6 Å². The first-order chi connectivity index (χ1) is 14.7. The number of benzene rings is 1. The number of pyridine rings is 1. The number of fused-ring (bicyclic) bond motifs is 1. The van der Waals surface area contributed by atoms with Crippen LogP contribution in [0.3, 0.4) is 0 Å². The Labute approximate surface area is 179 Å². The van der Waals surface area contributed by atoms with Gasteiger partial charge in [-0.05, 0) is 55.4 Å². The second-order valence-corrected chi connectivity index (χ2v) is 9.15. The van der Waals surface area contributed by atoms with E-state index in [9.17, 15) is 4.79 Å². The average molecular weight is 406 g/mol. The predicted octanol–water partition coefficient (Wildman–Crippen LogP) is 4.00. The number of ether oxygens (including phenoxy) is 1. The highest BCUT2D eigenvalue weighted by Gasteiger charge is 2.43. The van der Waals surface area contributed by atoms with Crippen molar-refractivity contribution in [3.05, 3.63) is 59.9 Å². The van der Waals surface area contributed by atoms with Crippen LogP contribution in [0.5, 0.6) is 5.75 Å². The van der Waals surface area contributed by atoms with E-state index in [-0.39, 0.29) is 11.5 Å². The van der Waals surface area contributed by atoms with Crippen LogP contribution >= 0.6 is 0 Å². The molecule has 2 fully saturated rings. The van der Waals surface area contributed by atoms with Crippen molar-refractivity contribution in [1.82, 2.24) is 14.8 Å². The van der Waals surface area contributed by atoms with Crippen LogP contribution in [-0.2, 0) is 11.3 Å². The maximum atomic E-state index is 12.9.